The number of aliphatic hydroxyl groups excluding tert-OH is 1. The Morgan fingerprint density at radius 1 is 1.10 bits per heavy atom. The molecule has 4 atom stereocenters. The van der Waals surface area contributed by atoms with Gasteiger partial charge in [0.05, 0.1) is 42.4 Å². The van der Waals surface area contributed by atoms with Crippen molar-refractivity contribution in [1.29, 1.82) is 0 Å². The second-order valence-corrected chi connectivity index (χ2v) is 10.9. The lowest BCUT2D eigenvalue weighted by Crippen LogP contribution is -2.49. The average molecular weight is 572 g/mol. The minimum absolute atomic E-state index is 0.0299. The summed E-state index contributed by atoms with van der Waals surface area (Å²) in [5, 5.41) is 23.8. The Bertz CT molecular complexity index is 1390. The molecule has 1 saturated carbocycles. The third kappa shape index (κ3) is 6.07. The normalized spacial score (nSPS) is 25.1. The molecule has 218 valence electrons. The maximum Gasteiger partial charge on any atom is 0.274 e. The zero-order valence-corrected chi connectivity index (χ0v) is 22.7. The van der Waals surface area contributed by atoms with Crippen molar-refractivity contribution in [3.05, 3.63) is 71.4 Å². The molecule has 0 unspecified atom stereocenters. The molecule has 3 aromatic rings. The number of carbonyl (C=O) groups excluding carboxylic acids is 1. The summed E-state index contributed by atoms with van der Waals surface area (Å²) in [4.78, 5) is 21.2. The predicted octanol–water partition coefficient (Wildman–Crippen LogP) is 5.00. The molecule has 8 nitrogen and oxygen atoms in total. The van der Waals surface area contributed by atoms with E-state index in [0.29, 0.717) is 43.7 Å². The molecule has 0 bridgehead atoms. The second-order valence-electron chi connectivity index (χ2n) is 10.9. The first-order chi connectivity index (χ1) is 19.5. The minimum atomic E-state index is -1.24. The standard InChI is InChI=1S/C30H32F3N3O5/c1-16-11-17(12-26(37)30(16,2)39)20-5-8-34-15-25(20)36-29(38)24-4-3-21(31)28(35-24)27-22(32)13-19(14-23(27)33)41-18-6-9-40-10-7-18/h3-5,8,13-18,26,37,39H,6-7,9-12H2,1-2H3,(H,36,38)/t16-,17+,26+,30+/m0/s1. The fraction of sp³-hybridized carbons (Fsp3) is 0.433. The predicted molar refractivity (Wildman–Crippen MR) is 144 cm³/mol. The van der Waals surface area contributed by atoms with Crippen molar-refractivity contribution in [2.45, 2.75) is 63.3 Å². The van der Waals surface area contributed by atoms with E-state index in [1.54, 1.807) is 19.2 Å². The lowest BCUT2D eigenvalue weighted by atomic mass is 9.69. The maximum atomic E-state index is 15.1. The Kier molecular flexibility index (Phi) is 8.30. The van der Waals surface area contributed by atoms with Crippen LogP contribution in [0.3, 0.4) is 0 Å². The van der Waals surface area contributed by atoms with E-state index in [-0.39, 0.29) is 35.8 Å². The van der Waals surface area contributed by atoms with Crippen molar-refractivity contribution in [2.24, 2.45) is 5.92 Å². The van der Waals surface area contributed by atoms with Crippen LogP contribution in [0.5, 0.6) is 5.75 Å². The van der Waals surface area contributed by atoms with Crippen LogP contribution in [-0.2, 0) is 4.74 Å². The number of ether oxygens (including phenoxy) is 2. The summed E-state index contributed by atoms with van der Waals surface area (Å²) in [5.41, 5.74) is -1.81. The van der Waals surface area contributed by atoms with Gasteiger partial charge in [-0.05, 0) is 55.4 Å². The highest BCUT2D eigenvalue weighted by atomic mass is 19.1. The third-order valence-corrected chi connectivity index (χ3v) is 8.16. The fourth-order valence-corrected chi connectivity index (χ4v) is 5.48. The Labute approximate surface area is 235 Å². The highest BCUT2D eigenvalue weighted by Crippen LogP contribution is 2.43. The van der Waals surface area contributed by atoms with Crippen LogP contribution in [0.1, 0.15) is 61.5 Å². The Morgan fingerprint density at radius 2 is 1.80 bits per heavy atom. The third-order valence-electron chi connectivity index (χ3n) is 8.16. The number of nitrogens with one attached hydrogen (secondary N) is 1. The van der Waals surface area contributed by atoms with Crippen LogP contribution in [0, 0.1) is 23.4 Å². The van der Waals surface area contributed by atoms with Gasteiger partial charge in [0, 0.05) is 31.2 Å². The molecule has 11 heteroatoms. The summed E-state index contributed by atoms with van der Waals surface area (Å²) in [6.45, 7) is 4.43. The van der Waals surface area contributed by atoms with Gasteiger partial charge in [-0.3, -0.25) is 9.78 Å². The largest absolute Gasteiger partial charge is 0.490 e. The highest BCUT2D eigenvalue weighted by molar-refractivity contribution is 6.03. The molecule has 1 amide bonds. The van der Waals surface area contributed by atoms with E-state index in [1.165, 1.54) is 6.20 Å². The Morgan fingerprint density at radius 3 is 2.49 bits per heavy atom. The molecule has 3 N–H and O–H groups in total. The summed E-state index contributed by atoms with van der Waals surface area (Å²) in [6.07, 6.45) is 3.78. The lowest BCUT2D eigenvalue weighted by molar-refractivity contribution is -0.123. The lowest BCUT2D eigenvalue weighted by Gasteiger charge is -2.43. The molecule has 2 fully saturated rings. The quantitative estimate of drug-likeness (QED) is 0.382. The molecule has 1 saturated heterocycles. The van der Waals surface area contributed by atoms with E-state index in [9.17, 15) is 19.4 Å². The Balaban J connectivity index is 1.38. The molecule has 3 heterocycles. The van der Waals surface area contributed by atoms with Crippen molar-refractivity contribution < 1.29 is 37.7 Å². The molecule has 2 aromatic heterocycles. The first-order valence-electron chi connectivity index (χ1n) is 13.6. The van der Waals surface area contributed by atoms with Gasteiger partial charge >= 0.3 is 0 Å². The number of amides is 1. The minimum Gasteiger partial charge on any atom is -0.490 e. The topological polar surface area (TPSA) is 114 Å². The van der Waals surface area contributed by atoms with Crippen LogP contribution in [0.25, 0.3) is 11.3 Å². The molecule has 5 rings (SSSR count). The number of rotatable bonds is 6. The molecule has 1 aliphatic carbocycles. The number of nitrogens with zero attached hydrogens (tertiary/aromatic N) is 2. The van der Waals surface area contributed by atoms with Crippen LogP contribution in [-0.4, -0.2) is 57.1 Å². The van der Waals surface area contributed by atoms with Crippen molar-refractivity contribution in [2.75, 3.05) is 18.5 Å². The zero-order chi connectivity index (χ0) is 29.3. The number of pyridine rings is 2. The van der Waals surface area contributed by atoms with Crippen LogP contribution < -0.4 is 10.1 Å². The molecule has 1 aliphatic heterocycles. The van der Waals surface area contributed by atoms with Crippen molar-refractivity contribution in [3.63, 3.8) is 0 Å². The molecule has 41 heavy (non-hydrogen) atoms. The number of aromatic nitrogens is 2. The Hall–Kier alpha value is -3.54. The van der Waals surface area contributed by atoms with E-state index in [4.69, 9.17) is 9.47 Å². The fourth-order valence-electron chi connectivity index (χ4n) is 5.48. The number of halogens is 3. The van der Waals surface area contributed by atoms with Crippen LogP contribution >= 0.6 is 0 Å². The summed E-state index contributed by atoms with van der Waals surface area (Å²) in [5.74, 6) is -4.32. The number of aliphatic hydroxyl groups is 2. The average Bonchev–Trinajstić information content (AvgIpc) is 2.93. The molecule has 2 aliphatic rings. The van der Waals surface area contributed by atoms with Gasteiger partial charge in [0.2, 0.25) is 0 Å². The summed E-state index contributed by atoms with van der Waals surface area (Å²) in [7, 11) is 0. The number of carbonyl (C=O) groups is 1. The van der Waals surface area contributed by atoms with Gasteiger partial charge in [-0.25, -0.2) is 18.2 Å². The van der Waals surface area contributed by atoms with E-state index < -0.39 is 46.3 Å². The molecule has 0 radical (unpaired) electrons. The molecular weight excluding hydrogens is 539 g/mol. The van der Waals surface area contributed by atoms with Crippen LogP contribution in [0.15, 0.2) is 42.7 Å². The van der Waals surface area contributed by atoms with Crippen LogP contribution in [0.2, 0.25) is 0 Å². The summed E-state index contributed by atoms with van der Waals surface area (Å²) < 4.78 is 55.9. The van der Waals surface area contributed by atoms with Gasteiger partial charge in [-0.15, -0.1) is 0 Å². The van der Waals surface area contributed by atoms with E-state index in [2.05, 4.69) is 15.3 Å². The van der Waals surface area contributed by atoms with E-state index in [0.717, 1.165) is 24.3 Å². The first-order valence-corrected chi connectivity index (χ1v) is 13.6. The smallest absolute Gasteiger partial charge is 0.274 e. The number of hydrogen-bond acceptors (Lipinski definition) is 7. The first kappa shape index (κ1) is 29.0. The van der Waals surface area contributed by atoms with Crippen molar-refractivity contribution in [1.82, 2.24) is 9.97 Å². The molecular formula is C30H32F3N3O5. The maximum absolute atomic E-state index is 15.1. The second kappa shape index (κ2) is 11.8. The van der Waals surface area contributed by atoms with Crippen LogP contribution in [0.4, 0.5) is 18.9 Å². The number of anilines is 1. The highest BCUT2D eigenvalue weighted by Gasteiger charge is 2.43. The van der Waals surface area contributed by atoms with E-state index >= 15 is 8.78 Å². The molecule has 1 aromatic carbocycles. The number of benzene rings is 1. The van der Waals surface area contributed by atoms with Gasteiger partial charge in [-0.1, -0.05) is 6.92 Å². The summed E-state index contributed by atoms with van der Waals surface area (Å²) in [6, 6.07) is 5.71. The van der Waals surface area contributed by atoms with E-state index in [1.807, 2.05) is 6.92 Å². The monoisotopic (exact) mass is 571 g/mol. The van der Waals surface area contributed by atoms with Gasteiger partial charge in [0.25, 0.3) is 5.91 Å². The van der Waals surface area contributed by atoms with Gasteiger partial charge in [-0.2, -0.15) is 0 Å². The zero-order valence-electron chi connectivity index (χ0n) is 22.7. The van der Waals surface area contributed by atoms with Gasteiger partial charge < -0.3 is 25.0 Å². The molecule has 0 spiro atoms. The van der Waals surface area contributed by atoms with Crippen molar-refractivity contribution in [3.8, 4) is 17.0 Å². The van der Waals surface area contributed by atoms with Crippen molar-refractivity contribution >= 4 is 11.6 Å². The summed E-state index contributed by atoms with van der Waals surface area (Å²) >= 11 is 0. The SMILES string of the molecule is C[C@H]1C[C@@H](c2ccncc2NC(=O)c2ccc(F)c(-c3c(F)cc(OC4CCOCC4)cc3F)n2)C[C@@H](O)[C@]1(C)O. The van der Waals surface area contributed by atoms with Gasteiger partial charge in [0.15, 0.2) is 0 Å². The van der Waals surface area contributed by atoms with Gasteiger partial charge in [0.1, 0.15) is 40.7 Å². The number of hydrogen-bond donors (Lipinski definition) is 3.